The zero-order valence-corrected chi connectivity index (χ0v) is 10.3. The monoisotopic (exact) mass is 215 g/mol. The van der Waals surface area contributed by atoms with Gasteiger partial charge < -0.3 is 10.2 Å². The number of allylic oxidation sites excluding steroid dienone is 1. The van der Waals surface area contributed by atoms with Gasteiger partial charge in [0.05, 0.1) is 0 Å². The van der Waals surface area contributed by atoms with Crippen LogP contribution in [0.5, 0.6) is 0 Å². The van der Waals surface area contributed by atoms with Crippen LogP contribution in [0.4, 0.5) is 0 Å². The predicted molar refractivity (Wildman–Crippen MR) is 64.0 cm³/mol. The van der Waals surface area contributed by atoms with Gasteiger partial charge in [0.2, 0.25) is 0 Å². The highest BCUT2D eigenvalue weighted by atomic mass is 32.2. The molecule has 14 heavy (non-hydrogen) atoms. The van der Waals surface area contributed by atoms with Gasteiger partial charge in [-0.3, -0.25) is 5.32 Å². The van der Waals surface area contributed by atoms with Gasteiger partial charge in [-0.25, -0.2) is 0 Å². The third-order valence-corrected chi connectivity index (χ3v) is 3.09. The summed E-state index contributed by atoms with van der Waals surface area (Å²) in [6.07, 6.45) is 0. The Morgan fingerprint density at radius 3 is 2.79 bits per heavy atom. The van der Waals surface area contributed by atoms with Crippen molar-refractivity contribution in [3.63, 3.8) is 0 Å². The van der Waals surface area contributed by atoms with Crippen molar-refractivity contribution in [1.29, 1.82) is 0 Å². The van der Waals surface area contributed by atoms with Crippen LogP contribution < -0.4 is 10.6 Å². The average Bonchev–Trinajstić information content (AvgIpc) is 2.52. The molecule has 0 amide bonds. The van der Waals surface area contributed by atoms with Gasteiger partial charge in [0.1, 0.15) is 5.50 Å². The summed E-state index contributed by atoms with van der Waals surface area (Å²) < 4.78 is 0. The van der Waals surface area contributed by atoms with E-state index in [9.17, 15) is 0 Å². The Morgan fingerprint density at radius 2 is 2.29 bits per heavy atom. The maximum Gasteiger partial charge on any atom is 0.129 e. The highest BCUT2D eigenvalue weighted by Gasteiger charge is 2.17. The van der Waals surface area contributed by atoms with E-state index in [4.69, 9.17) is 0 Å². The number of nitrogens with one attached hydrogen (secondary N) is 2. The van der Waals surface area contributed by atoms with E-state index >= 15 is 0 Å². The van der Waals surface area contributed by atoms with E-state index < -0.39 is 0 Å². The molecule has 0 aliphatic carbocycles. The Kier molecular flexibility index (Phi) is 4.78. The SMILES string of the molecule is CC(C)C1=CSC(NCCN(C)C)N1. The summed E-state index contributed by atoms with van der Waals surface area (Å²) in [4.78, 5) is 2.18. The van der Waals surface area contributed by atoms with Gasteiger partial charge in [-0.15, -0.1) is 0 Å². The third-order valence-electron chi connectivity index (χ3n) is 2.14. The molecule has 1 aliphatic rings. The van der Waals surface area contributed by atoms with E-state index in [0.29, 0.717) is 11.4 Å². The van der Waals surface area contributed by atoms with Crippen molar-refractivity contribution in [3.8, 4) is 0 Å². The highest BCUT2D eigenvalue weighted by Crippen LogP contribution is 2.23. The van der Waals surface area contributed by atoms with Gasteiger partial charge >= 0.3 is 0 Å². The second-order valence-electron chi connectivity index (χ2n) is 4.15. The van der Waals surface area contributed by atoms with Crippen molar-refractivity contribution >= 4 is 11.8 Å². The predicted octanol–water partition coefficient (Wildman–Crippen LogP) is 1.25. The molecule has 0 aromatic carbocycles. The smallest absolute Gasteiger partial charge is 0.129 e. The molecular formula is C10H21N3S. The molecule has 0 fully saturated rings. The van der Waals surface area contributed by atoms with Crippen LogP contribution in [0.3, 0.4) is 0 Å². The van der Waals surface area contributed by atoms with Crippen LogP contribution in [-0.2, 0) is 0 Å². The molecule has 3 nitrogen and oxygen atoms in total. The van der Waals surface area contributed by atoms with Crippen molar-refractivity contribution in [3.05, 3.63) is 11.1 Å². The molecule has 0 bridgehead atoms. The summed E-state index contributed by atoms with van der Waals surface area (Å²) in [5.41, 5.74) is 1.71. The largest absolute Gasteiger partial charge is 0.364 e. The summed E-state index contributed by atoms with van der Waals surface area (Å²) >= 11 is 1.83. The number of rotatable bonds is 5. The Labute approximate surface area is 91.3 Å². The molecule has 0 saturated heterocycles. The average molecular weight is 215 g/mol. The summed E-state index contributed by atoms with van der Waals surface area (Å²) in [6, 6.07) is 0. The molecule has 0 aromatic rings. The summed E-state index contributed by atoms with van der Waals surface area (Å²) in [5, 5.41) is 9.13. The van der Waals surface area contributed by atoms with Gasteiger partial charge in [-0.2, -0.15) is 0 Å². The van der Waals surface area contributed by atoms with E-state index in [1.54, 1.807) is 0 Å². The molecule has 1 unspecified atom stereocenters. The van der Waals surface area contributed by atoms with Crippen LogP contribution >= 0.6 is 11.8 Å². The molecule has 1 rings (SSSR count). The second-order valence-corrected chi connectivity index (χ2v) is 5.13. The Balaban J connectivity index is 2.13. The minimum atomic E-state index is 0.368. The maximum absolute atomic E-state index is 3.46. The lowest BCUT2D eigenvalue weighted by molar-refractivity contribution is 0.393. The Morgan fingerprint density at radius 1 is 1.57 bits per heavy atom. The normalized spacial score (nSPS) is 21.6. The number of hydrogen-bond acceptors (Lipinski definition) is 4. The fourth-order valence-corrected chi connectivity index (χ4v) is 2.22. The molecule has 1 aliphatic heterocycles. The van der Waals surface area contributed by atoms with Crippen molar-refractivity contribution in [2.24, 2.45) is 5.92 Å². The minimum Gasteiger partial charge on any atom is -0.364 e. The Hall–Kier alpha value is -0.190. The van der Waals surface area contributed by atoms with Crippen LogP contribution in [-0.4, -0.2) is 37.6 Å². The molecular weight excluding hydrogens is 194 g/mol. The summed E-state index contributed by atoms with van der Waals surface area (Å²) in [5.74, 6) is 0.600. The van der Waals surface area contributed by atoms with Gasteiger partial charge in [-0.05, 0) is 25.4 Å². The van der Waals surface area contributed by atoms with E-state index in [1.165, 1.54) is 5.70 Å². The van der Waals surface area contributed by atoms with E-state index in [0.717, 1.165) is 13.1 Å². The van der Waals surface area contributed by atoms with Crippen LogP contribution in [0.25, 0.3) is 0 Å². The van der Waals surface area contributed by atoms with Gasteiger partial charge in [0, 0.05) is 18.8 Å². The van der Waals surface area contributed by atoms with Crippen LogP contribution in [0.2, 0.25) is 0 Å². The van der Waals surface area contributed by atoms with Crippen molar-refractivity contribution in [2.45, 2.75) is 19.3 Å². The lowest BCUT2D eigenvalue weighted by Crippen LogP contribution is -2.40. The lowest BCUT2D eigenvalue weighted by Gasteiger charge is -2.17. The fourth-order valence-electron chi connectivity index (χ4n) is 1.18. The molecule has 2 N–H and O–H groups in total. The van der Waals surface area contributed by atoms with Crippen LogP contribution in [0.15, 0.2) is 11.1 Å². The fraction of sp³-hybridized carbons (Fsp3) is 0.800. The highest BCUT2D eigenvalue weighted by molar-refractivity contribution is 8.02. The van der Waals surface area contributed by atoms with Crippen LogP contribution in [0, 0.1) is 5.92 Å². The summed E-state index contributed by atoms with van der Waals surface area (Å²) in [7, 11) is 4.18. The van der Waals surface area contributed by atoms with Crippen molar-refractivity contribution in [2.75, 3.05) is 27.2 Å². The molecule has 0 saturated carbocycles. The first-order valence-corrected chi connectivity index (χ1v) is 6.04. The van der Waals surface area contributed by atoms with Gasteiger partial charge in [-0.1, -0.05) is 25.6 Å². The third kappa shape index (κ3) is 3.90. The van der Waals surface area contributed by atoms with E-state index in [2.05, 4.69) is 48.9 Å². The zero-order chi connectivity index (χ0) is 10.6. The molecule has 0 spiro atoms. The van der Waals surface area contributed by atoms with E-state index in [1.807, 2.05) is 11.8 Å². The molecule has 1 atom stereocenters. The first-order valence-electron chi connectivity index (χ1n) is 5.10. The summed E-state index contributed by atoms with van der Waals surface area (Å²) in [6.45, 7) is 6.52. The molecule has 0 aromatic heterocycles. The van der Waals surface area contributed by atoms with Crippen molar-refractivity contribution < 1.29 is 0 Å². The lowest BCUT2D eigenvalue weighted by atomic mass is 10.2. The number of hydrogen-bond donors (Lipinski definition) is 2. The zero-order valence-electron chi connectivity index (χ0n) is 9.50. The van der Waals surface area contributed by atoms with Crippen LogP contribution in [0.1, 0.15) is 13.8 Å². The molecule has 82 valence electrons. The first kappa shape index (κ1) is 11.9. The molecule has 1 heterocycles. The van der Waals surface area contributed by atoms with Crippen molar-refractivity contribution in [1.82, 2.24) is 15.5 Å². The van der Waals surface area contributed by atoms with Gasteiger partial charge in [0.25, 0.3) is 0 Å². The second kappa shape index (κ2) is 5.63. The molecule has 4 heteroatoms. The van der Waals surface area contributed by atoms with Gasteiger partial charge in [0.15, 0.2) is 0 Å². The topological polar surface area (TPSA) is 27.3 Å². The number of likely N-dealkylation sites (N-methyl/N-ethyl adjacent to an activating group) is 1. The minimum absolute atomic E-state index is 0.368. The molecule has 0 radical (unpaired) electrons. The number of nitrogens with zero attached hydrogens (tertiary/aromatic N) is 1. The first-order chi connectivity index (χ1) is 6.59. The standard InChI is InChI=1S/C10H21N3S/c1-8(2)9-7-14-10(12-9)11-5-6-13(3)4/h7-8,10-12H,5-6H2,1-4H3. The quantitative estimate of drug-likeness (QED) is 0.722. The Bertz CT molecular complexity index is 202. The number of thioether (sulfide) groups is 1. The van der Waals surface area contributed by atoms with E-state index in [-0.39, 0.29) is 0 Å². The maximum atomic E-state index is 3.46.